The minimum absolute atomic E-state index is 0.0654. The molecule has 1 aromatic rings. The van der Waals surface area contributed by atoms with Crippen molar-refractivity contribution in [2.24, 2.45) is 0 Å². The first-order valence-electron chi connectivity index (χ1n) is 6.14. The van der Waals surface area contributed by atoms with Crippen LogP contribution >= 0.6 is 0 Å². The lowest BCUT2D eigenvalue weighted by Crippen LogP contribution is -2.65. The molecule has 0 aliphatic carbocycles. The van der Waals surface area contributed by atoms with Gasteiger partial charge >= 0.3 is 0 Å². The number of nitrogens with one attached hydrogen (secondary N) is 2. The summed E-state index contributed by atoms with van der Waals surface area (Å²) in [6, 6.07) is 10.7. The summed E-state index contributed by atoms with van der Waals surface area (Å²) in [5.74, 6) is 0. The molecule has 0 radical (unpaired) electrons. The lowest BCUT2D eigenvalue weighted by atomic mass is 9.85. The smallest absolute Gasteiger partial charge is 0.0533 e. The maximum absolute atomic E-state index is 3.69. The van der Waals surface area contributed by atoms with Gasteiger partial charge in [0, 0.05) is 18.6 Å². The second kappa shape index (κ2) is 4.19. The van der Waals surface area contributed by atoms with Crippen molar-refractivity contribution in [3.05, 3.63) is 35.9 Å². The first kappa shape index (κ1) is 11.6. The van der Waals surface area contributed by atoms with Crippen molar-refractivity contribution in [1.29, 1.82) is 0 Å². The standard InChI is InChI=1S/C14H22N2/c1-4-13(2)10-16-14(3,11-15-13)12-8-6-5-7-9-12/h5-9,15-16H,4,10-11H2,1-3H3. The van der Waals surface area contributed by atoms with E-state index in [2.05, 4.69) is 61.7 Å². The third-order valence-electron chi connectivity index (χ3n) is 3.93. The first-order chi connectivity index (χ1) is 7.58. The van der Waals surface area contributed by atoms with Gasteiger partial charge in [-0.25, -0.2) is 0 Å². The summed E-state index contributed by atoms with van der Waals surface area (Å²) in [4.78, 5) is 0. The van der Waals surface area contributed by atoms with Gasteiger partial charge in [-0.1, -0.05) is 37.3 Å². The Balaban J connectivity index is 2.13. The summed E-state index contributed by atoms with van der Waals surface area (Å²) in [7, 11) is 0. The summed E-state index contributed by atoms with van der Waals surface area (Å²) in [6.07, 6.45) is 1.16. The Morgan fingerprint density at radius 3 is 2.25 bits per heavy atom. The quantitative estimate of drug-likeness (QED) is 0.795. The highest BCUT2D eigenvalue weighted by atomic mass is 15.1. The molecule has 2 rings (SSSR count). The predicted octanol–water partition coefficient (Wildman–Crippen LogP) is 2.26. The second-order valence-electron chi connectivity index (χ2n) is 5.32. The van der Waals surface area contributed by atoms with Crippen LogP contribution in [0.25, 0.3) is 0 Å². The van der Waals surface area contributed by atoms with Crippen LogP contribution in [0, 0.1) is 0 Å². The van der Waals surface area contributed by atoms with E-state index >= 15 is 0 Å². The number of hydrogen-bond acceptors (Lipinski definition) is 2. The average Bonchev–Trinajstić information content (AvgIpc) is 2.35. The maximum atomic E-state index is 3.69. The molecule has 2 heteroatoms. The molecule has 1 aliphatic heterocycles. The Morgan fingerprint density at radius 2 is 1.75 bits per heavy atom. The van der Waals surface area contributed by atoms with E-state index in [1.807, 2.05) is 0 Å². The van der Waals surface area contributed by atoms with Crippen molar-refractivity contribution < 1.29 is 0 Å². The molecule has 1 aliphatic rings. The van der Waals surface area contributed by atoms with Gasteiger partial charge in [0.1, 0.15) is 0 Å². The molecule has 16 heavy (non-hydrogen) atoms. The molecule has 2 unspecified atom stereocenters. The zero-order valence-corrected chi connectivity index (χ0v) is 10.5. The van der Waals surface area contributed by atoms with E-state index in [1.54, 1.807) is 0 Å². The third-order valence-corrected chi connectivity index (χ3v) is 3.93. The van der Waals surface area contributed by atoms with Crippen molar-refractivity contribution in [2.75, 3.05) is 13.1 Å². The van der Waals surface area contributed by atoms with Crippen LogP contribution in [0.5, 0.6) is 0 Å². The van der Waals surface area contributed by atoms with Crippen molar-refractivity contribution >= 4 is 0 Å². The number of benzene rings is 1. The van der Waals surface area contributed by atoms with Crippen LogP contribution in [0.1, 0.15) is 32.8 Å². The number of piperazine rings is 1. The van der Waals surface area contributed by atoms with Gasteiger partial charge in [0.25, 0.3) is 0 Å². The molecule has 1 fully saturated rings. The molecule has 1 saturated heterocycles. The molecule has 2 N–H and O–H groups in total. The average molecular weight is 218 g/mol. The Labute approximate surface area is 98.4 Å². The molecule has 2 atom stereocenters. The predicted molar refractivity (Wildman–Crippen MR) is 68.5 cm³/mol. The summed E-state index contributed by atoms with van der Waals surface area (Å²) in [5.41, 5.74) is 1.67. The molecular formula is C14H22N2. The van der Waals surface area contributed by atoms with E-state index in [0.29, 0.717) is 0 Å². The second-order valence-corrected chi connectivity index (χ2v) is 5.32. The lowest BCUT2D eigenvalue weighted by Gasteiger charge is -2.45. The number of hydrogen-bond donors (Lipinski definition) is 2. The highest BCUT2D eigenvalue weighted by Crippen LogP contribution is 2.25. The van der Waals surface area contributed by atoms with Gasteiger partial charge in [0.15, 0.2) is 0 Å². The minimum Gasteiger partial charge on any atom is -0.308 e. The largest absolute Gasteiger partial charge is 0.308 e. The van der Waals surface area contributed by atoms with Gasteiger partial charge in [-0.05, 0) is 25.8 Å². The summed E-state index contributed by atoms with van der Waals surface area (Å²) in [6.45, 7) is 8.80. The molecular weight excluding hydrogens is 196 g/mol. The van der Waals surface area contributed by atoms with Gasteiger partial charge in [-0.2, -0.15) is 0 Å². The molecule has 0 aromatic heterocycles. The first-order valence-corrected chi connectivity index (χ1v) is 6.14. The van der Waals surface area contributed by atoms with Crippen LogP contribution in [0.2, 0.25) is 0 Å². The van der Waals surface area contributed by atoms with E-state index in [1.165, 1.54) is 5.56 Å². The van der Waals surface area contributed by atoms with Gasteiger partial charge in [-0.15, -0.1) is 0 Å². The summed E-state index contributed by atoms with van der Waals surface area (Å²) < 4.78 is 0. The SMILES string of the molecule is CCC1(C)CNC(C)(c2ccccc2)CN1. The van der Waals surface area contributed by atoms with Crippen LogP contribution in [0.3, 0.4) is 0 Å². The van der Waals surface area contributed by atoms with E-state index in [0.717, 1.165) is 19.5 Å². The maximum Gasteiger partial charge on any atom is 0.0533 e. The molecule has 1 aromatic carbocycles. The van der Waals surface area contributed by atoms with Gasteiger partial charge < -0.3 is 10.6 Å². The Morgan fingerprint density at radius 1 is 1.06 bits per heavy atom. The minimum atomic E-state index is 0.0654. The fraction of sp³-hybridized carbons (Fsp3) is 0.571. The van der Waals surface area contributed by atoms with Crippen molar-refractivity contribution in [1.82, 2.24) is 10.6 Å². The molecule has 2 nitrogen and oxygen atoms in total. The van der Waals surface area contributed by atoms with Gasteiger partial charge in [0.2, 0.25) is 0 Å². The zero-order valence-electron chi connectivity index (χ0n) is 10.5. The molecule has 0 saturated carbocycles. The van der Waals surface area contributed by atoms with E-state index in [4.69, 9.17) is 0 Å². The lowest BCUT2D eigenvalue weighted by molar-refractivity contribution is 0.187. The molecule has 0 spiro atoms. The Kier molecular flexibility index (Phi) is 3.04. The van der Waals surface area contributed by atoms with Crippen LogP contribution in [0.4, 0.5) is 0 Å². The highest BCUT2D eigenvalue weighted by Gasteiger charge is 2.36. The normalized spacial score (nSPS) is 34.9. The molecule has 0 bridgehead atoms. The monoisotopic (exact) mass is 218 g/mol. The topological polar surface area (TPSA) is 24.1 Å². The van der Waals surface area contributed by atoms with Crippen molar-refractivity contribution in [3.63, 3.8) is 0 Å². The van der Waals surface area contributed by atoms with Crippen LogP contribution < -0.4 is 10.6 Å². The van der Waals surface area contributed by atoms with Crippen LogP contribution in [0.15, 0.2) is 30.3 Å². The fourth-order valence-corrected chi connectivity index (χ4v) is 2.17. The van der Waals surface area contributed by atoms with Crippen LogP contribution in [-0.4, -0.2) is 18.6 Å². The van der Waals surface area contributed by atoms with E-state index in [9.17, 15) is 0 Å². The van der Waals surface area contributed by atoms with Crippen molar-refractivity contribution in [3.8, 4) is 0 Å². The van der Waals surface area contributed by atoms with E-state index < -0.39 is 0 Å². The summed E-state index contributed by atoms with van der Waals surface area (Å²) >= 11 is 0. The molecule has 88 valence electrons. The van der Waals surface area contributed by atoms with Gasteiger partial charge in [0.05, 0.1) is 5.54 Å². The number of rotatable bonds is 2. The highest BCUT2D eigenvalue weighted by molar-refractivity contribution is 5.25. The Bertz CT molecular complexity index is 337. The van der Waals surface area contributed by atoms with Crippen LogP contribution in [-0.2, 0) is 5.54 Å². The molecule has 1 heterocycles. The fourth-order valence-electron chi connectivity index (χ4n) is 2.17. The van der Waals surface area contributed by atoms with Crippen molar-refractivity contribution in [2.45, 2.75) is 38.3 Å². The Hall–Kier alpha value is -0.860. The third kappa shape index (κ3) is 2.13. The summed E-state index contributed by atoms with van der Waals surface area (Å²) in [5, 5.41) is 7.36. The zero-order chi connectivity index (χ0) is 11.6. The van der Waals surface area contributed by atoms with E-state index in [-0.39, 0.29) is 11.1 Å². The van der Waals surface area contributed by atoms with Gasteiger partial charge in [-0.3, -0.25) is 0 Å². The molecule has 0 amide bonds.